The second-order valence-electron chi connectivity index (χ2n) is 6.36. The van der Waals surface area contributed by atoms with E-state index in [0.29, 0.717) is 12.3 Å². The lowest BCUT2D eigenvalue weighted by molar-refractivity contribution is -0.140. The Morgan fingerprint density at radius 2 is 2.05 bits per heavy atom. The first kappa shape index (κ1) is 15.0. The van der Waals surface area contributed by atoms with E-state index in [1.807, 2.05) is 23.4 Å². The van der Waals surface area contributed by atoms with Gasteiger partial charge in [0.1, 0.15) is 12.2 Å². The third-order valence-electron chi connectivity index (χ3n) is 4.89. The molecule has 2 amide bonds. The lowest BCUT2D eigenvalue weighted by Crippen LogP contribution is -2.45. The normalized spacial score (nSPS) is 23.4. The molecular weight excluding hydrogens is 282 g/mol. The molecule has 2 saturated heterocycles. The summed E-state index contributed by atoms with van der Waals surface area (Å²) in [5.74, 6) is 1.53. The van der Waals surface area contributed by atoms with Gasteiger partial charge in [-0.05, 0) is 26.2 Å². The Morgan fingerprint density at radius 1 is 1.32 bits per heavy atom. The average Bonchev–Trinajstić information content (AvgIpc) is 3.08. The molecule has 1 aromatic rings. The molecule has 0 spiro atoms. The first-order chi connectivity index (χ1) is 10.6. The van der Waals surface area contributed by atoms with E-state index < -0.39 is 0 Å². The van der Waals surface area contributed by atoms with Crippen LogP contribution in [0.3, 0.4) is 0 Å². The summed E-state index contributed by atoms with van der Waals surface area (Å²) in [5, 5.41) is 8.09. The van der Waals surface area contributed by atoms with Crippen molar-refractivity contribution in [2.75, 3.05) is 19.6 Å². The van der Waals surface area contributed by atoms with Crippen molar-refractivity contribution < 1.29 is 9.59 Å². The number of aromatic nitrogens is 3. The van der Waals surface area contributed by atoms with Gasteiger partial charge in [0.05, 0.1) is 6.54 Å². The van der Waals surface area contributed by atoms with Gasteiger partial charge in [0.2, 0.25) is 11.8 Å². The zero-order valence-electron chi connectivity index (χ0n) is 13.2. The molecule has 2 aliphatic rings. The highest BCUT2D eigenvalue weighted by atomic mass is 16.2. The molecule has 3 rings (SSSR count). The highest BCUT2D eigenvalue weighted by molar-refractivity contribution is 5.86. The van der Waals surface area contributed by atoms with Crippen LogP contribution in [0.5, 0.6) is 0 Å². The van der Waals surface area contributed by atoms with Crippen LogP contribution in [0.1, 0.15) is 44.3 Å². The van der Waals surface area contributed by atoms with Crippen LogP contribution in [-0.4, -0.2) is 62.1 Å². The molecule has 0 bridgehead atoms. The predicted molar refractivity (Wildman–Crippen MR) is 80.0 cm³/mol. The summed E-state index contributed by atoms with van der Waals surface area (Å²) in [6.07, 6.45) is 4.96. The van der Waals surface area contributed by atoms with Gasteiger partial charge in [-0.2, -0.15) is 0 Å². The van der Waals surface area contributed by atoms with Gasteiger partial charge in [-0.1, -0.05) is 0 Å². The average molecular weight is 305 g/mol. The van der Waals surface area contributed by atoms with Gasteiger partial charge in [0.25, 0.3) is 0 Å². The Hall–Kier alpha value is -1.92. The third kappa shape index (κ3) is 2.84. The fourth-order valence-corrected chi connectivity index (χ4v) is 3.42. The highest BCUT2D eigenvalue weighted by Crippen LogP contribution is 2.26. The summed E-state index contributed by atoms with van der Waals surface area (Å²) in [6.45, 7) is 3.70. The quantitative estimate of drug-likeness (QED) is 0.817. The molecule has 7 heteroatoms. The number of amides is 2. The first-order valence-corrected chi connectivity index (χ1v) is 7.97. The maximum absolute atomic E-state index is 12.4. The molecule has 0 radical (unpaired) electrons. The van der Waals surface area contributed by atoms with Crippen molar-refractivity contribution in [3.05, 3.63) is 12.2 Å². The Labute approximate surface area is 130 Å². The smallest absolute Gasteiger partial charge is 0.242 e. The maximum atomic E-state index is 12.4. The van der Waals surface area contributed by atoms with E-state index >= 15 is 0 Å². The Bertz CT molecular complexity index is 562. The lowest BCUT2D eigenvalue weighted by Gasteiger charge is -2.33. The fraction of sp³-hybridized carbons (Fsp3) is 0.733. The molecule has 2 aliphatic heterocycles. The largest absolute Gasteiger partial charge is 0.341 e. The van der Waals surface area contributed by atoms with Crippen LogP contribution in [0.15, 0.2) is 6.33 Å². The summed E-state index contributed by atoms with van der Waals surface area (Å²) in [6, 6.07) is 0.188. The molecule has 3 heterocycles. The highest BCUT2D eigenvalue weighted by Gasteiger charge is 2.32. The van der Waals surface area contributed by atoms with Gasteiger partial charge < -0.3 is 14.4 Å². The molecular formula is C15H23N5O2. The SMILES string of the molecule is C[C@H]1CCC(=O)N1CC(=O)N1CCC(c2nncn2C)CC1. The lowest BCUT2D eigenvalue weighted by atomic mass is 9.96. The standard InChI is InChI=1S/C15H23N5O2/c1-11-3-4-13(21)20(11)9-14(22)19-7-5-12(6-8-19)15-17-16-10-18(15)2/h10-12H,3-9H2,1-2H3/t11-/m0/s1. The minimum Gasteiger partial charge on any atom is -0.341 e. The van der Waals surface area contributed by atoms with E-state index in [9.17, 15) is 9.59 Å². The zero-order valence-corrected chi connectivity index (χ0v) is 13.2. The molecule has 1 atom stereocenters. The molecule has 2 fully saturated rings. The Balaban J connectivity index is 1.54. The van der Waals surface area contributed by atoms with Crippen LogP contribution in [0.25, 0.3) is 0 Å². The topological polar surface area (TPSA) is 71.3 Å². The second kappa shape index (κ2) is 6.06. The van der Waals surface area contributed by atoms with Gasteiger partial charge >= 0.3 is 0 Å². The van der Waals surface area contributed by atoms with Crippen molar-refractivity contribution in [1.29, 1.82) is 0 Å². The molecule has 22 heavy (non-hydrogen) atoms. The van der Waals surface area contributed by atoms with Gasteiger partial charge in [-0.3, -0.25) is 9.59 Å². The van der Waals surface area contributed by atoms with E-state index in [0.717, 1.165) is 38.2 Å². The molecule has 0 unspecified atom stereocenters. The van der Waals surface area contributed by atoms with E-state index in [4.69, 9.17) is 0 Å². The van der Waals surface area contributed by atoms with Crippen LogP contribution in [0.4, 0.5) is 0 Å². The number of rotatable bonds is 3. The van der Waals surface area contributed by atoms with E-state index in [-0.39, 0.29) is 24.4 Å². The molecule has 1 aromatic heterocycles. The second-order valence-corrected chi connectivity index (χ2v) is 6.36. The summed E-state index contributed by atoms with van der Waals surface area (Å²) in [5.41, 5.74) is 0. The first-order valence-electron chi connectivity index (χ1n) is 7.97. The van der Waals surface area contributed by atoms with Crippen LogP contribution < -0.4 is 0 Å². The molecule has 0 aromatic carbocycles. The maximum Gasteiger partial charge on any atom is 0.242 e. The van der Waals surface area contributed by atoms with Crippen molar-refractivity contribution in [2.24, 2.45) is 7.05 Å². The van der Waals surface area contributed by atoms with E-state index in [1.54, 1.807) is 11.2 Å². The number of likely N-dealkylation sites (tertiary alicyclic amines) is 2. The monoisotopic (exact) mass is 305 g/mol. The van der Waals surface area contributed by atoms with Crippen molar-refractivity contribution >= 4 is 11.8 Å². The summed E-state index contributed by atoms with van der Waals surface area (Å²) < 4.78 is 1.95. The Kier molecular flexibility index (Phi) is 4.13. The van der Waals surface area contributed by atoms with Gasteiger partial charge in [0.15, 0.2) is 0 Å². The van der Waals surface area contributed by atoms with Crippen LogP contribution in [0.2, 0.25) is 0 Å². The van der Waals surface area contributed by atoms with Crippen molar-refractivity contribution in [3.63, 3.8) is 0 Å². The fourth-order valence-electron chi connectivity index (χ4n) is 3.42. The molecule has 7 nitrogen and oxygen atoms in total. The van der Waals surface area contributed by atoms with Gasteiger partial charge in [-0.25, -0.2) is 0 Å². The molecule has 120 valence electrons. The number of piperidine rings is 1. The van der Waals surface area contributed by atoms with Crippen molar-refractivity contribution in [1.82, 2.24) is 24.6 Å². The zero-order chi connectivity index (χ0) is 15.7. The number of hydrogen-bond acceptors (Lipinski definition) is 4. The number of aryl methyl sites for hydroxylation is 1. The van der Waals surface area contributed by atoms with Crippen LogP contribution in [-0.2, 0) is 16.6 Å². The van der Waals surface area contributed by atoms with Crippen molar-refractivity contribution in [3.8, 4) is 0 Å². The van der Waals surface area contributed by atoms with E-state index in [1.165, 1.54) is 0 Å². The molecule has 0 saturated carbocycles. The number of hydrogen-bond donors (Lipinski definition) is 0. The minimum atomic E-state index is 0.0681. The van der Waals surface area contributed by atoms with Crippen molar-refractivity contribution in [2.45, 2.75) is 44.6 Å². The third-order valence-corrected chi connectivity index (χ3v) is 4.89. The number of carbonyl (C=O) groups is 2. The number of nitrogens with zero attached hydrogens (tertiary/aromatic N) is 5. The summed E-state index contributed by atoms with van der Waals surface area (Å²) >= 11 is 0. The van der Waals surface area contributed by atoms with Crippen LogP contribution >= 0.6 is 0 Å². The van der Waals surface area contributed by atoms with Gasteiger partial charge in [0, 0.05) is 38.5 Å². The molecule has 0 aliphatic carbocycles. The Morgan fingerprint density at radius 3 is 2.59 bits per heavy atom. The predicted octanol–water partition coefficient (Wildman–Crippen LogP) is 0.532. The summed E-state index contributed by atoms with van der Waals surface area (Å²) in [4.78, 5) is 27.8. The minimum absolute atomic E-state index is 0.0681. The number of carbonyl (C=O) groups excluding carboxylic acids is 2. The molecule has 0 N–H and O–H groups in total. The summed E-state index contributed by atoms with van der Waals surface area (Å²) in [7, 11) is 1.95. The van der Waals surface area contributed by atoms with Crippen LogP contribution in [0, 0.1) is 0 Å². The van der Waals surface area contributed by atoms with Gasteiger partial charge in [-0.15, -0.1) is 10.2 Å². The van der Waals surface area contributed by atoms with E-state index in [2.05, 4.69) is 10.2 Å².